The summed E-state index contributed by atoms with van der Waals surface area (Å²) in [5.41, 5.74) is 2.78. The fourth-order valence-corrected chi connectivity index (χ4v) is 2.77. The van der Waals surface area contributed by atoms with Crippen molar-refractivity contribution in [2.75, 3.05) is 13.2 Å². The van der Waals surface area contributed by atoms with Crippen LogP contribution in [-0.2, 0) is 16.0 Å². The minimum atomic E-state index is -2.83. The molecule has 1 unspecified atom stereocenters. The Labute approximate surface area is 145 Å². The summed E-state index contributed by atoms with van der Waals surface area (Å²) >= 11 is 0. The summed E-state index contributed by atoms with van der Waals surface area (Å²) in [5.74, 6) is 0.198. The van der Waals surface area contributed by atoms with Gasteiger partial charge in [0.15, 0.2) is 6.29 Å². The van der Waals surface area contributed by atoms with Gasteiger partial charge in [-0.1, -0.05) is 42.5 Å². The molecule has 0 spiro atoms. The van der Waals surface area contributed by atoms with Gasteiger partial charge in [0.25, 0.3) is 0 Å². The fourth-order valence-electron chi connectivity index (χ4n) is 2.77. The number of hydrogen-bond acceptors (Lipinski definition) is 4. The first-order valence-electron chi connectivity index (χ1n) is 8.22. The van der Waals surface area contributed by atoms with E-state index in [1.54, 1.807) is 18.2 Å². The topological polar surface area (TPSA) is 39.7 Å². The first kappa shape index (κ1) is 17.8. The summed E-state index contributed by atoms with van der Waals surface area (Å²) < 4.78 is 40.6. The molecule has 0 aromatic heterocycles. The van der Waals surface area contributed by atoms with Gasteiger partial charge >= 0.3 is 6.61 Å². The van der Waals surface area contributed by atoms with Gasteiger partial charge in [-0.25, -0.2) is 0 Å². The molecule has 0 radical (unpaired) electrons. The molecule has 1 aliphatic rings. The zero-order chi connectivity index (χ0) is 17.6. The van der Waals surface area contributed by atoms with E-state index in [0.717, 1.165) is 11.1 Å². The quantitative estimate of drug-likeness (QED) is 0.814. The predicted molar refractivity (Wildman–Crippen MR) is 89.4 cm³/mol. The third-order valence-electron chi connectivity index (χ3n) is 4.09. The maximum Gasteiger partial charge on any atom is 0.387 e. The first-order valence-corrected chi connectivity index (χ1v) is 8.22. The van der Waals surface area contributed by atoms with E-state index in [1.807, 2.05) is 37.3 Å². The third-order valence-corrected chi connectivity index (χ3v) is 4.09. The maximum absolute atomic E-state index is 12.5. The number of nitrogens with one attached hydrogen (secondary N) is 1. The zero-order valence-electron chi connectivity index (χ0n) is 14.0. The molecule has 2 aromatic rings. The monoisotopic (exact) mass is 349 g/mol. The van der Waals surface area contributed by atoms with Gasteiger partial charge in [0, 0.05) is 23.7 Å². The highest BCUT2D eigenvalue weighted by molar-refractivity contribution is 5.35. The van der Waals surface area contributed by atoms with E-state index < -0.39 is 6.61 Å². The van der Waals surface area contributed by atoms with Crippen molar-refractivity contribution < 1.29 is 23.0 Å². The highest BCUT2D eigenvalue weighted by Crippen LogP contribution is 2.27. The molecule has 1 saturated heterocycles. The van der Waals surface area contributed by atoms with E-state index in [-0.39, 0.29) is 18.1 Å². The second-order valence-electron chi connectivity index (χ2n) is 5.83. The summed E-state index contributed by atoms with van der Waals surface area (Å²) in [6, 6.07) is 14.7. The van der Waals surface area contributed by atoms with Crippen molar-refractivity contribution in [3.05, 3.63) is 65.2 Å². The average molecular weight is 349 g/mol. The normalized spacial score (nSPS) is 16.3. The standard InChI is InChI=1S/C19H21F2NO3/c1-13(16-4-2-3-5-17(16)25-19(20)21)22-12-14-6-8-15(9-7-14)18-23-10-11-24-18/h2-9,13,18-19,22H,10-12H2,1H3. The second kappa shape index (κ2) is 8.38. The number of rotatable bonds is 7. The largest absolute Gasteiger partial charge is 0.434 e. The molecule has 2 aromatic carbocycles. The van der Waals surface area contributed by atoms with Crippen LogP contribution >= 0.6 is 0 Å². The smallest absolute Gasteiger partial charge is 0.387 e. The molecule has 0 aliphatic carbocycles. The van der Waals surface area contributed by atoms with Crippen molar-refractivity contribution in [1.29, 1.82) is 0 Å². The van der Waals surface area contributed by atoms with Crippen molar-refractivity contribution in [2.45, 2.75) is 32.4 Å². The molecule has 1 atom stereocenters. The summed E-state index contributed by atoms with van der Waals surface area (Å²) in [6.07, 6.45) is -0.278. The molecule has 1 aliphatic heterocycles. The third kappa shape index (κ3) is 4.75. The Hall–Kier alpha value is -2.02. The number of hydrogen-bond donors (Lipinski definition) is 1. The SMILES string of the molecule is CC(NCc1ccc(C2OCCO2)cc1)c1ccccc1OC(F)F. The Morgan fingerprint density at radius 3 is 2.44 bits per heavy atom. The molecule has 0 amide bonds. The van der Waals surface area contributed by atoms with E-state index in [1.165, 1.54) is 0 Å². The molecule has 6 heteroatoms. The molecule has 0 saturated carbocycles. The number of halogens is 2. The summed E-state index contributed by atoms with van der Waals surface area (Å²) in [7, 11) is 0. The second-order valence-corrected chi connectivity index (χ2v) is 5.83. The van der Waals surface area contributed by atoms with Crippen LogP contribution in [0.15, 0.2) is 48.5 Å². The van der Waals surface area contributed by atoms with Gasteiger partial charge < -0.3 is 19.5 Å². The molecule has 134 valence electrons. The van der Waals surface area contributed by atoms with Gasteiger partial charge in [-0.15, -0.1) is 0 Å². The Morgan fingerprint density at radius 2 is 1.76 bits per heavy atom. The van der Waals surface area contributed by atoms with E-state index in [2.05, 4.69) is 10.1 Å². The van der Waals surface area contributed by atoms with Crippen molar-refractivity contribution in [3.8, 4) is 5.75 Å². The maximum atomic E-state index is 12.5. The van der Waals surface area contributed by atoms with Gasteiger partial charge in [-0.2, -0.15) is 8.78 Å². The van der Waals surface area contributed by atoms with E-state index in [4.69, 9.17) is 9.47 Å². The molecule has 3 rings (SSSR count). The Bertz CT molecular complexity index is 673. The number of para-hydroxylation sites is 1. The van der Waals surface area contributed by atoms with Gasteiger partial charge in [0.05, 0.1) is 13.2 Å². The Balaban J connectivity index is 1.59. The number of ether oxygens (including phenoxy) is 3. The fraction of sp³-hybridized carbons (Fsp3) is 0.368. The van der Waals surface area contributed by atoms with Crippen LogP contribution in [0.4, 0.5) is 8.78 Å². The lowest BCUT2D eigenvalue weighted by atomic mass is 10.1. The van der Waals surface area contributed by atoms with E-state index in [9.17, 15) is 8.78 Å². The molecule has 25 heavy (non-hydrogen) atoms. The van der Waals surface area contributed by atoms with Crippen molar-refractivity contribution in [2.24, 2.45) is 0 Å². The lowest BCUT2D eigenvalue weighted by Crippen LogP contribution is -2.19. The lowest BCUT2D eigenvalue weighted by Gasteiger charge is -2.18. The number of alkyl halides is 2. The van der Waals surface area contributed by atoms with Gasteiger partial charge in [-0.05, 0) is 18.6 Å². The van der Waals surface area contributed by atoms with Crippen LogP contribution in [0.2, 0.25) is 0 Å². The lowest BCUT2D eigenvalue weighted by molar-refractivity contribution is -0.0507. The molecule has 0 bridgehead atoms. The number of benzene rings is 2. The van der Waals surface area contributed by atoms with Crippen molar-refractivity contribution >= 4 is 0 Å². The van der Waals surface area contributed by atoms with Crippen LogP contribution in [0.3, 0.4) is 0 Å². The van der Waals surface area contributed by atoms with Crippen LogP contribution in [0.5, 0.6) is 5.75 Å². The van der Waals surface area contributed by atoms with Crippen molar-refractivity contribution in [1.82, 2.24) is 5.32 Å². The van der Waals surface area contributed by atoms with E-state index in [0.29, 0.717) is 25.3 Å². The molecule has 1 heterocycles. The summed E-state index contributed by atoms with van der Waals surface area (Å²) in [6.45, 7) is 0.928. The Morgan fingerprint density at radius 1 is 1.08 bits per heavy atom. The molecule has 1 fully saturated rings. The highest BCUT2D eigenvalue weighted by Gasteiger charge is 2.18. The Kier molecular flexibility index (Phi) is 5.96. The van der Waals surface area contributed by atoms with Gasteiger partial charge in [-0.3, -0.25) is 0 Å². The molecular weight excluding hydrogens is 328 g/mol. The van der Waals surface area contributed by atoms with Crippen LogP contribution in [0.25, 0.3) is 0 Å². The summed E-state index contributed by atoms with van der Waals surface area (Å²) in [4.78, 5) is 0. The molecule has 4 nitrogen and oxygen atoms in total. The minimum Gasteiger partial charge on any atom is -0.434 e. The van der Waals surface area contributed by atoms with Gasteiger partial charge in [0.2, 0.25) is 0 Å². The van der Waals surface area contributed by atoms with Crippen LogP contribution in [0.1, 0.15) is 35.9 Å². The zero-order valence-corrected chi connectivity index (χ0v) is 14.0. The minimum absolute atomic E-state index is 0.129. The van der Waals surface area contributed by atoms with E-state index >= 15 is 0 Å². The summed E-state index contributed by atoms with van der Waals surface area (Å²) in [5, 5.41) is 3.33. The van der Waals surface area contributed by atoms with Crippen LogP contribution in [-0.4, -0.2) is 19.8 Å². The van der Waals surface area contributed by atoms with Crippen LogP contribution < -0.4 is 10.1 Å². The highest BCUT2D eigenvalue weighted by atomic mass is 19.3. The predicted octanol–water partition coefficient (Wildman–Crippen LogP) is 4.18. The van der Waals surface area contributed by atoms with Crippen molar-refractivity contribution in [3.63, 3.8) is 0 Å². The van der Waals surface area contributed by atoms with Gasteiger partial charge in [0.1, 0.15) is 5.75 Å². The van der Waals surface area contributed by atoms with Crippen LogP contribution in [0, 0.1) is 0 Å². The molecule has 1 N–H and O–H groups in total. The first-order chi connectivity index (χ1) is 12.1. The molecular formula is C19H21F2NO3. The average Bonchev–Trinajstić information content (AvgIpc) is 3.15.